The highest BCUT2D eigenvalue weighted by Gasteiger charge is 2.26. The van der Waals surface area contributed by atoms with E-state index in [2.05, 4.69) is 15.6 Å². The Morgan fingerprint density at radius 3 is 2.31 bits per heavy atom. The van der Waals surface area contributed by atoms with E-state index in [1.165, 1.54) is 31.8 Å². The molecule has 0 spiro atoms. The van der Waals surface area contributed by atoms with Crippen molar-refractivity contribution in [2.24, 2.45) is 0 Å². The van der Waals surface area contributed by atoms with Crippen molar-refractivity contribution in [1.29, 1.82) is 0 Å². The Labute approximate surface area is 205 Å². The number of carbonyl (C=O) groups is 4. The third kappa shape index (κ3) is 6.34. The van der Waals surface area contributed by atoms with Gasteiger partial charge in [0.15, 0.2) is 5.82 Å². The third-order valence-electron chi connectivity index (χ3n) is 5.02. The third-order valence-corrected chi connectivity index (χ3v) is 5.02. The first kappa shape index (κ1) is 26.1. The van der Waals surface area contributed by atoms with Gasteiger partial charge in [0.2, 0.25) is 11.8 Å². The molecular formula is C24H25FN4O7. The molecule has 0 bridgehead atoms. The Hall–Kier alpha value is -4.48. The van der Waals surface area contributed by atoms with Gasteiger partial charge in [0.25, 0.3) is 0 Å². The molecule has 1 heterocycles. The molecule has 0 aliphatic carbocycles. The molecule has 2 aromatic carbocycles. The number of nitrogens with one attached hydrogen (secondary N) is 2. The largest absolute Gasteiger partial charge is 0.497 e. The highest BCUT2D eigenvalue weighted by molar-refractivity contribution is 6.40. The monoisotopic (exact) mass is 500 g/mol. The number of fused-ring (bicyclic) bond motifs is 1. The highest BCUT2D eigenvalue weighted by Crippen LogP contribution is 2.22. The number of aromatic nitrogens is 2. The van der Waals surface area contributed by atoms with Crippen LogP contribution in [0.3, 0.4) is 0 Å². The van der Waals surface area contributed by atoms with Gasteiger partial charge in [-0.3, -0.25) is 14.4 Å². The number of ether oxygens (including phenoxy) is 3. The fourth-order valence-electron chi connectivity index (χ4n) is 3.33. The summed E-state index contributed by atoms with van der Waals surface area (Å²) in [6.07, 6.45) is 0. The van der Waals surface area contributed by atoms with Crippen LogP contribution in [0, 0.1) is 5.82 Å². The van der Waals surface area contributed by atoms with E-state index in [9.17, 15) is 23.6 Å². The van der Waals surface area contributed by atoms with Gasteiger partial charge in [-0.1, -0.05) is 0 Å². The fourth-order valence-corrected chi connectivity index (χ4v) is 3.33. The second-order valence-electron chi connectivity index (χ2n) is 7.48. The van der Waals surface area contributed by atoms with Crippen molar-refractivity contribution in [1.82, 2.24) is 20.2 Å². The molecule has 2 N–H and O–H groups in total. The molecule has 36 heavy (non-hydrogen) atoms. The van der Waals surface area contributed by atoms with Crippen LogP contribution in [0.25, 0.3) is 11.0 Å². The Kier molecular flexibility index (Phi) is 8.55. The van der Waals surface area contributed by atoms with Crippen molar-refractivity contribution in [3.05, 3.63) is 53.6 Å². The Morgan fingerprint density at radius 2 is 1.67 bits per heavy atom. The van der Waals surface area contributed by atoms with Crippen molar-refractivity contribution < 1.29 is 37.8 Å². The molecule has 0 radical (unpaired) electrons. The molecule has 0 fully saturated rings. The van der Waals surface area contributed by atoms with Gasteiger partial charge in [0.05, 0.1) is 38.4 Å². The first-order chi connectivity index (χ1) is 17.2. The SMILES string of the molecule is CCOC(=O)C(=O)c1nc2cc(F)ccc2n1CC(=O)NCC(=O)NCc1cc(OC)cc(OC)c1. The second kappa shape index (κ2) is 11.8. The summed E-state index contributed by atoms with van der Waals surface area (Å²) in [7, 11) is 3.02. The van der Waals surface area contributed by atoms with Crippen molar-refractivity contribution in [3.8, 4) is 11.5 Å². The lowest BCUT2D eigenvalue weighted by Crippen LogP contribution is -2.38. The van der Waals surface area contributed by atoms with Crippen LogP contribution < -0.4 is 20.1 Å². The highest BCUT2D eigenvalue weighted by atomic mass is 19.1. The van der Waals surface area contributed by atoms with Gasteiger partial charge >= 0.3 is 11.8 Å². The minimum Gasteiger partial charge on any atom is -0.497 e. The molecule has 0 unspecified atom stereocenters. The van der Waals surface area contributed by atoms with Crippen LogP contribution in [0.15, 0.2) is 36.4 Å². The standard InChI is InChI=1S/C24H25FN4O7/c1-4-36-24(33)22(32)23-28-18-9-15(25)5-6-19(18)29(23)13-21(31)27-12-20(30)26-11-14-7-16(34-2)10-17(8-14)35-3/h5-10H,4,11-13H2,1-3H3,(H,26,30)(H,27,31). The minimum absolute atomic E-state index is 0.0302. The number of ketones is 1. The summed E-state index contributed by atoms with van der Waals surface area (Å²) < 4.78 is 29.9. The topological polar surface area (TPSA) is 138 Å². The molecule has 1 aromatic heterocycles. The minimum atomic E-state index is -1.15. The van der Waals surface area contributed by atoms with Crippen LogP contribution in [-0.4, -0.2) is 60.5 Å². The molecule has 0 saturated heterocycles. The van der Waals surface area contributed by atoms with Gasteiger partial charge in [0.1, 0.15) is 23.9 Å². The zero-order valence-electron chi connectivity index (χ0n) is 19.9. The lowest BCUT2D eigenvalue weighted by atomic mass is 10.2. The number of rotatable bonds is 11. The average Bonchev–Trinajstić information content (AvgIpc) is 3.22. The van der Waals surface area contributed by atoms with Crippen LogP contribution in [-0.2, 0) is 32.2 Å². The van der Waals surface area contributed by atoms with E-state index in [1.54, 1.807) is 18.2 Å². The van der Waals surface area contributed by atoms with Crippen LogP contribution in [0.2, 0.25) is 0 Å². The van der Waals surface area contributed by atoms with Crippen LogP contribution in [0.5, 0.6) is 11.5 Å². The van der Waals surface area contributed by atoms with Crippen molar-refractivity contribution in [3.63, 3.8) is 0 Å². The van der Waals surface area contributed by atoms with Crippen LogP contribution >= 0.6 is 0 Å². The molecule has 0 saturated carbocycles. The number of Topliss-reactive ketones (excluding diaryl/α,β-unsaturated/α-hetero) is 1. The lowest BCUT2D eigenvalue weighted by molar-refractivity contribution is -0.137. The van der Waals surface area contributed by atoms with Crippen LogP contribution in [0.4, 0.5) is 4.39 Å². The van der Waals surface area contributed by atoms with E-state index in [4.69, 9.17) is 14.2 Å². The number of carbonyl (C=O) groups excluding carboxylic acids is 4. The predicted octanol–water partition coefficient (Wildman–Crippen LogP) is 1.37. The summed E-state index contributed by atoms with van der Waals surface area (Å²) in [5, 5.41) is 5.12. The van der Waals surface area contributed by atoms with Crippen molar-refractivity contribution in [2.45, 2.75) is 20.0 Å². The molecule has 11 nitrogen and oxygen atoms in total. The summed E-state index contributed by atoms with van der Waals surface area (Å²) in [5.74, 6) is -3.17. The average molecular weight is 500 g/mol. The molecule has 190 valence electrons. The number of imidazole rings is 1. The first-order valence-electron chi connectivity index (χ1n) is 10.9. The Balaban J connectivity index is 1.66. The van der Waals surface area contributed by atoms with Crippen molar-refractivity contribution in [2.75, 3.05) is 27.4 Å². The van der Waals surface area contributed by atoms with E-state index >= 15 is 0 Å². The summed E-state index contributed by atoms with van der Waals surface area (Å²) in [5.41, 5.74) is 1.07. The number of hydrogen-bond acceptors (Lipinski definition) is 8. The van der Waals surface area contributed by atoms with E-state index < -0.39 is 35.9 Å². The number of amides is 2. The summed E-state index contributed by atoms with van der Waals surface area (Å²) in [4.78, 5) is 53.3. The van der Waals surface area contributed by atoms with Gasteiger partial charge in [-0.15, -0.1) is 0 Å². The van der Waals surface area contributed by atoms with Gasteiger partial charge < -0.3 is 29.4 Å². The lowest BCUT2D eigenvalue weighted by Gasteiger charge is -2.11. The molecular weight excluding hydrogens is 475 g/mol. The smallest absolute Gasteiger partial charge is 0.383 e. The number of halogens is 1. The number of benzene rings is 2. The van der Waals surface area contributed by atoms with Gasteiger partial charge in [0, 0.05) is 18.7 Å². The summed E-state index contributed by atoms with van der Waals surface area (Å²) in [6, 6.07) is 8.71. The maximum absolute atomic E-state index is 13.6. The normalized spacial score (nSPS) is 10.6. The van der Waals surface area contributed by atoms with Crippen molar-refractivity contribution >= 4 is 34.6 Å². The van der Waals surface area contributed by atoms with E-state index in [0.717, 1.165) is 17.7 Å². The van der Waals surface area contributed by atoms with Gasteiger partial charge in [-0.2, -0.15) is 0 Å². The molecule has 0 aliphatic rings. The van der Waals surface area contributed by atoms with E-state index in [-0.39, 0.29) is 36.6 Å². The van der Waals surface area contributed by atoms with E-state index in [0.29, 0.717) is 11.5 Å². The molecule has 0 aliphatic heterocycles. The Morgan fingerprint density at radius 1 is 0.972 bits per heavy atom. The maximum atomic E-state index is 13.6. The van der Waals surface area contributed by atoms with Crippen LogP contribution in [0.1, 0.15) is 23.1 Å². The van der Waals surface area contributed by atoms with E-state index in [1.807, 2.05) is 0 Å². The predicted molar refractivity (Wildman–Crippen MR) is 125 cm³/mol. The number of methoxy groups -OCH3 is 2. The summed E-state index contributed by atoms with van der Waals surface area (Å²) >= 11 is 0. The quantitative estimate of drug-likeness (QED) is 0.229. The van der Waals surface area contributed by atoms with Gasteiger partial charge in [-0.25, -0.2) is 14.2 Å². The molecule has 0 atom stereocenters. The molecule has 2 amide bonds. The first-order valence-corrected chi connectivity index (χ1v) is 10.9. The molecule has 3 rings (SSSR count). The second-order valence-corrected chi connectivity index (χ2v) is 7.48. The number of esters is 1. The summed E-state index contributed by atoms with van der Waals surface area (Å²) in [6.45, 7) is 0.883. The number of nitrogens with zero attached hydrogens (tertiary/aromatic N) is 2. The zero-order chi connectivity index (χ0) is 26.2. The Bertz CT molecular complexity index is 1280. The molecule has 12 heteroatoms. The van der Waals surface area contributed by atoms with Gasteiger partial charge in [-0.05, 0) is 36.8 Å². The maximum Gasteiger partial charge on any atom is 0.383 e. The zero-order valence-corrected chi connectivity index (χ0v) is 19.9. The number of hydrogen-bond donors (Lipinski definition) is 2. The molecule has 3 aromatic rings. The fraction of sp³-hybridized carbons (Fsp3) is 0.292.